The van der Waals surface area contributed by atoms with E-state index >= 15 is 0 Å². The fourth-order valence-corrected chi connectivity index (χ4v) is 4.76. The van der Waals surface area contributed by atoms with E-state index in [0.717, 1.165) is 25.3 Å². The van der Waals surface area contributed by atoms with Crippen LogP contribution in [0.5, 0.6) is 0 Å². The molecule has 0 bridgehead atoms. The summed E-state index contributed by atoms with van der Waals surface area (Å²) in [5.41, 5.74) is 5.80. The zero-order chi connectivity index (χ0) is 11.8. The van der Waals surface area contributed by atoms with Gasteiger partial charge in [-0.15, -0.1) is 0 Å². The minimum atomic E-state index is -2.77. The quantitative estimate of drug-likeness (QED) is 0.758. The molecule has 0 amide bonds. The van der Waals surface area contributed by atoms with Crippen LogP contribution in [0.2, 0.25) is 0 Å². The fourth-order valence-electron chi connectivity index (χ4n) is 3.02. The van der Waals surface area contributed by atoms with E-state index in [-0.39, 0.29) is 6.04 Å². The number of sulfone groups is 1. The topological polar surface area (TPSA) is 63.4 Å². The largest absolute Gasteiger partial charge is 0.329 e. The van der Waals surface area contributed by atoms with E-state index < -0.39 is 9.84 Å². The van der Waals surface area contributed by atoms with Crippen LogP contribution >= 0.6 is 0 Å². The molecule has 3 atom stereocenters. The van der Waals surface area contributed by atoms with E-state index in [1.165, 1.54) is 6.42 Å². The van der Waals surface area contributed by atoms with Crippen molar-refractivity contribution in [2.24, 2.45) is 11.7 Å². The minimum absolute atomic E-state index is 0.228. The summed E-state index contributed by atoms with van der Waals surface area (Å²) in [6.07, 6.45) is 3.09. The van der Waals surface area contributed by atoms with Crippen molar-refractivity contribution >= 4 is 9.84 Å². The maximum atomic E-state index is 11.5. The van der Waals surface area contributed by atoms with Crippen LogP contribution in [0, 0.1) is 5.92 Å². The third-order valence-electron chi connectivity index (χ3n) is 3.97. The first-order valence-corrected chi connectivity index (χ1v) is 8.00. The summed E-state index contributed by atoms with van der Waals surface area (Å²) in [6, 6.07) is 0.619. The Kier molecular flexibility index (Phi) is 3.56. The van der Waals surface area contributed by atoms with Crippen LogP contribution in [0.15, 0.2) is 0 Å². The van der Waals surface area contributed by atoms with Crippen LogP contribution in [0.3, 0.4) is 0 Å². The Morgan fingerprint density at radius 1 is 1.38 bits per heavy atom. The Hall–Kier alpha value is -0.130. The van der Waals surface area contributed by atoms with Gasteiger partial charge in [-0.25, -0.2) is 8.42 Å². The minimum Gasteiger partial charge on any atom is -0.329 e. The summed E-state index contributed by atoms with van der Waals surface area (Å²) in [6.45, 7) is 3.93. The summed E-state index contributed by atoms with van der Waals surface area (Å²) < 4.78 is 23.0. The molecular weight excluding hydrogens is 224 g/mol. The Balaban J connectivity index is 2.03. The van der Waals surface area contributed by atoms with Gasteiger partial charge in [-0.05, 0) is 31.7 Å². The van der Waals surface area contributed by atoms with Gasteiger partial charge in [-0.3, -0.25) is 4.90 Å². The summed E-state index contributed by atoms with van der Waals surface area (Å²) in [5, 5.41) is 0. The molecule has 2 aliphatic heterocycles. The predicted octanol–water partition coefficient (Wildman–Crippen LogP) is 0.233. The number of hydrogen-bond acceptors (Lipinski definition) is 4. The smallest absolute Gasteiger partial charge is 0.151 e. The number of nitrogens with two attached hydrogens (primary N) is 1. The van der Waals surface area contributed by atoms with Gasteiger partial charge in [0.15, 0.2) is 9.84 Å². The molecule has 3 unspecified atom stereocenters. The number of rotatable bonds is 2. The number of nitrogens with zero attached hydrogens (tertiary/aromatic N) is 1. The molecule has 0 aromatic rings. The van der Waals surface area contributed by atoms with Crippen LogP contribution in [-0.2, 0) is 9.84 Å². The standard InChI is InChI=1S/C11H22N2O2S/c1-9-2-4-13(11(6-9)7-12)10-3-5-16(14,15)8-10/h9-11H,2-8,12H2,1H3. The highest BCUT2D eigenvalue weighted by molar-refractivity contribution is 7.91. The van der Waals surface area contributed by atoms with E-state index in [1.807, 2.05) is 0 Å². The van der Waals surface area contributed by atoms with Gasteiger partial charge >= 0.3 is 0 Å². The maximum Gasteiger partial charge on any atom is 0.151 e. The van der Waals surface area contributed by atoms with Crippen molar-refractivity contribution in [3.8, 4) is 0 Å². The average molecular weight is 246 g/mol. The van der Waals surface area contributed by atoms with Gasteiger partial charge in [0.2, 0.25) is 0 Å². The maximum absolute atomic E-state index is 11.5. The van der Waals surface area contributed by atoms with Gasteiger partial charge in [-0.2, -0.15) is 0 Å². The SMILES string of the molecule is CC1CCN(C2CCS(=O)(=O)C2)C(CN)C1. The fraction of sp³-hybridized carbons (Fsp3) is 1.00. The number of piperidine rings is 1. The molecule has 0 aromatic heterocycles. The summed E-state index contributed by atoms with van der Waals surface area (Å²) in [7, 11) is -2.77. The lowest BCUT2D eigenvalue weighted by Crippen LogP contribution is -2.51. The molecule has 16 heavy (non-hydrogen) atoms. The van der Waals surface area contributed by atoms with Crippen molar-refractivity contribution in [3.63, 3.8) is 0 Å². The summed E-state index contributed by atoms with van der Waals surface area (Å²) in [4.78, 5) is 2.35. The molecule has 2 fully saturated rings. The van der Waals surface area contributed by atoms with E-state index in [0.29, 0.717) is 24.1 Å². The van der Waals surface area contributed by atoms with Gasteiger partial charge in [0.1, 0.15) is 0 Å². The van der Waals surface area contributed by atoms with Crippen LogP contribution in [-0.4, -0.2) is 50.0 Å². The third kappa shape index (κ3) is 2.57. The van der Waals surface area contributed by atoms with Crippen LogP contribution < -0.4 is 5.73 Å². The second-order valence-electron chi connectivity index (χ2n) is 5.31. The molecule has 5 heteroatoms. The van der Waals surface area contributed by atoms with Crippen molar-refractivity contribution < 1.29 is 8.42 Å². The lowest BCUT2D eigenvalue weighted by Gasteiger charge is -2.41. The van der Waals surface area contributed by atoms with E-state index in [4.69, 9.17) is 5.73 Å². The van der Waals surface area contributed by atoms with E-state index in [9.17, 15) is 8.42 Å². The second-order valence-corrected chi connectivity index (χ2v) is 7.54. The summed E-state index contributed by atoms with van der Waals surface area (Å²) >= 11 is 0. The second kappa shape index (κ2) is 4.63. The van der Waals surface area contributed by atoms with Gasteiger partial charge in [0.05, 0.1) is 11.5 Å². The first kappa shape index (κ1) is 12.3. The number of hydrogen-bond donors (Lipinski definition) is 1. The van der Waals surface area contributed by atoms with Crippen molar-refractivity contribution in [1.29, 1.82) is 0 Å². The Morgan fingerprint density at radius 2 is 2.12 bits per heavy atom. The van der Waals surface area contributed by atoms with Crippen molar-refractivity contribution in [1.82, 2.24) is 4.90 Å². The third-order valence-corrected chi connectivity index (χ3v) is 5.72. The Bertz CT molecular complexity index is 342. The van der Waals surface area contributed by atoms with Crippen molar-refractivity contribution in [2.75, 3.05) is 24.6 Å². The average Bonchev–Trinajstić information content (AvgIpc) is 2.58. The lowest BCUT2D eigenvalue weighted by molar-refractivity contribution is 0.0864. The zero-order valence-corrected chi connectivity index (χ0v) is 10.7. The zero-order valence-electron chi connectivity index (χ0n) is 9.93. The predicted molar refractivity (Wildman–Crippen MR) is 65.0 cm³/mol. The molecule has 2 rings (SSSR count). The van der Waals surface area contributed by atoms with Gasteiger partial charge in [-0.1, -0.05) is 6.92 Å². The molecule has 0 spiro atoms. The number of likely N-dealkylation sites (tertiary alicyclic amines) is 1. The molecule has 0 aliphatic carbocycles. The van der Waals surface area contributed by atoms with Crippen LogP contribution in [0.4, 0.5) is 0 Å². The van der Waals surface area contributed by atoms with Crippen molar-refractivity contribution in [2.45, 2.75) is 38.3 Å². The highest BCUT2D eigenvalue weighted by atomic mass is 32.2. The molecule has 0 saturated carbocycles. The molecule has 2 heterocycles. The highest BCUT2D eigenvalue weighted by Crippen LogP contribution is 2.28. The lowest BCUT2D eigenvalue weighted by atomic mass is 9.91. The Labute approximate surface area is 98.1 Å². The molecule has 2 saturated heterocycles. The molecule has 0 aromatic carbocycles. The Morgan fingerprint density at radius 3 is 2.69 bits per heavy atom. The normalized spacial score (nSPS) is 40.0. The van der Waals surface area contributed by atoms with Gasteiger partial charge < -0.3 is 5.73 Å². The molecule has 94 valence electrons. The molecule has 2 aliphatic rings. The van der Waals surface area contributed by atoms with E-state index in [1.54, 1.807) is 0 Å². The molecular formula is C11H22N2O2S. The van der Waals surface area contributed by atoms with Gasteiger partial charge in [0, 0.05) is 18.6 Å². The van der Waals surface area contributed by atoms with E-state index in [2.05, 4.69) is 11.8 Å². The van der Waals surface area contributed by atoms with Crippen molar-refractivity contribution in [3.05, 3.63) is 0 Å². The molecule has 2 N–H and O–H groups in total. The van der Waals surface area contributed by atoms with Gasteiger partial charge in [0.25, 0.3) is 0 Å². The first-order valence-electron chi connectivity index (χ1n) is 6.18. The molecule has 4 nitrogen and oxygen atoms in total. The van der Waals surface area contributed by atoms with Crippen LogP contribution in [0.25, 0.3) is 0 Å². The first-order chi connectivity index (χ1) is 7.52. The molecule has 0 radical (unpaired) electrons. The monoisotopic (exact) mass is 246 g/mol. The summed E-state index contributed by atoms with van der Waals surface area (Å²) in [5.74, 6) is 1.43. The van der Waals surface area contributed by atoms with Crippen LogP contribution in [0.1, 0.15) is 26.2 Å². The highest BCUT2D eigenvalue weighted by Gasteiger charge is 2.37.